The van der Waals surface area contributed by atoms with Crippen molar-refractivity contribution in [2.24, 2.45) is 5.92 Å². The molecule has 0 saturated heterocycles. The number of carbonyl (C=O) groups is 1. The predicted molar refractivity (Wildman–Crippen MR) is 114 cm³/mol. The average molecular weight is 412 g/mol. The second-order valence-electron chi connectivity index (χ2n) is 6.96. The summed E-state index contributed by atoms with van der Waals surface area (Å²) < 4.78 is 7.20. The van der Waals surface area contributed by atoms with Gasteiger partial charge in [-0.3, -0.25) is 14.3 Å². The third kappa shape index (κ3) is 5.14. The van der Waals surface area contributed by atoms with E-state index >= 15 is 0 Å². The molecule has 2 aromatic heterocycles. The van der Waals surface area contributed by atoms with Crippen LogP contribution in [0.4, 0.5) is 0 Å². The maximum Gasteiger partial charge on any atom is 0.230 e. The normalized spacial score (nSPS) is 12.0. The van der Waals surface area contributed by atoms with Crippen LogP contribution < -0.4 is 10.1 Å². The molecule has 152 valence electrons. The summed E-state index contributed by atoms with van der Waals surface area (Å²) in [4.78, 5) is 16.4. The van der Waals surface area contributed by atoms with Crippen molar-refractivity contribution in [2.75, 3.05) is 12.9 Å². The largest absolute Gasteiger partial charge is 0.497 e. The fourth-order valence-electron chi connectivity index (χ4n) is 2.61. The molecule has 1 unspecified atom stereocenters. The van der Waals surface area contributed by atoms with Gasteiger partial charge >= 0.3 is 0 Å². The number of pyridine rings is 1. The summed E-state index contributed by atoms with van der Waals surface area (Å²) in [5, 5.41) is 12.4. The summed E-state index contributed by atoms with van der Waals surface area (Å²) in [6.45, 7) is 6.17. The number of hydrogen-bond donors (Lipinski definition) is 1. The fourth-order valence-corrected chi connectivity index (χ4v) is 3.37. The minimum absolute atomic E-state index is 0.0223. The zero-order valence-corrected chi connectivity index (χ0v) is 17.8. The molecule has 0 fully saturated rings. The van der Waals surface area contributed by atoms with Gasteiger partial charge in [-0.25, -0.2) is 0 Å². The maximum atomic E-state index is 12.3. The van der Waals surface area contributed by atoms with Crippen molar-refractivity contribution in [1.29, 1.82) is 0 Å². The number of thioether (sulfide) groups is 1. The zero-order valence-electron chi connectivity index (χ0n) is 17.0. The minimum Gasteiger partial charge on any atom is -0.497 e. The van der Waals surface area contributed by atoms with E-state index in [-0.39, 0.29) is 17.7 Å². The number of nitrogens with one attached hydrogen (secondary N) is 1. The average Bonchev–Trinajstić information content (AvgIpc) is 3.16. The molecule has 0 radical (unpaired) electrons. The summed E-state index contributed by atoms with van der Waals surface area (Å²) >= 11 is 1.36. The summed E-state index contributed by atoms with van der Waals surface area (Å²) in [5.74, 6) is 2.08. The number of methoxy groups -OCH3 is 1. The van der Waals surface area contributed by atoms with Crippen LogP contribution in [0.3, 0.4) is 0 Å². The number of ether oxygens (including phenoxy) is 1. The van der Waals surface area contributed by atoms with Crippen LogP contribution in [0.15, 0.2) is 53.9 Å². The Hall–Kier alpha value is -2.87. The van der Waals surface area contributed by atoms with Crippen molar-refractivity contribution in [3.05, 3.63) is 48.8 Å². The lowest BCUT2D eigenvalue weighted by molar-refractivity contribution is -0.119. The standard InChI is InChI=1S/C21H25N5O2S/c1-14(2)15(3)23-19(27)13-29-21-25-24-20(16-9-11-22-12-10-16)26(21)17-5-7-18(28-4)8-6-17/h5-12,14-15H,13H2,1-4H3,(H,23,27). The molecule has 1 aromatic carbocycles. The van der Waals surface area contributed by atoms with Gasteiger partial charge in [-0.1, -0.05) is 25.6 Å². The molecule has 3 aromatic rings. The second kappa shape index (κ2) is 9.56. The van der Waals surface area contributed by atoms with E-state index < -0.39 is 0 Å². The quantitative estimate of drug-likeness (QED) is 0.571. The third-order valence-electron chi connectivity index (χ3n) is 4.62. The number of amides is 1. The second-order valence-corrected chi connectivity index (χ2v) is 7.91. The Morgan fingerprint density at radius 1 is 1.10 bits per heavy atom. The highest BCUT2D eigenvalue weighted by Gasteiger charge is 2.18. The zero-order chi connectivity index (χ0) is 20.8. The van der Waals surface area contributed by atoms with Crippen molar-refractivity contribution in [3.63, 3.8) is 0 Å². The number of aromatic nitrogens is 4. The molecule has 7 nitrogen and oxygen atoms in total. The van der Waals surface area contributed by atoms with Crippen LogP contribution in [0.1, 0.15) is 20.8 Å². The third-order valence-corrected chi connectivity index (χ3v) is 5.55. The first kappa shape index (κ1) is 20.9. The maximum absolute atomic E-state index is 12.3. The Balaban J connectivity index is 1.89. The molecular formula is C21H25N5O2S. The molecule has 0 aliphatic carbocycles. The van der Waals surface area contributed by atoms with Crippen molar-refractivity contribution < 1.29 is 9.53 Å². The first-order valence-corrected chi connectivity index (χ1v) is 10.4. The Morgan fingerprint density at radius 2 is 1.79 bits per heavy atom. The molecular weight excluding hydrogens is 386 g/mol. The van der Waals surface area contributed by atoms with Crippen molar-refractivity contribution in [3.8, 4) is 22.8 Å². The van der Waals surface area contributed by atoms with Crippen LogP contribution >= 0.6 is 11.8 Å². The SMILES string of the molecule is COc1ccc(-n2c(SCC(=O)NC(C)C(C)C)nnc2-c2ccncc2)cc1. The van der Waals surface area contributed by atoms with E-state index in [4.69, 9.17) is 4.74 Å². The summed E-state index contributed by atoms with van der Waals surface area (Å²) in [7, 11) is 1.63. The van der Waals surface area contributed by atoms with E-state index in [9.17, 15) is 4.79 Å². The molecule has 2 heterocycles. The monoisotopic (exact) mass is 411 g/mol. The Kier molecular flexibility index (Phi) is 6.87. The van der Waals surface area contributed by atoms with Gasteiger partial charge in [0.1, 0.15) is 5.75 Å². The molecule has 1 atom stereocenters. The highest BCUT2D eigenvalue weighted by molar-refractivity contribution is 7.99. The molecule has 0 aliphatic rings. The Labute approximate surface area is 174 Å². The number of carbonyl (C=O) groups excluding carboxylic acids is 1. The highest BCUT2D eigenvalue weighted by atomic mass is 32.2. The molecule has 1 amide bonds. The molecule has 1 N–H and O–H groups in total. The van der Waals surface area contributed by atoms with Crippen LogP contribution in [0, 0.1) is 5.92 Å². The number of nitrogens with zero attached hydrogens (tertiary/aromatic N) is 4. The van der Waals surface area contributed by atoms with Gasteiger partial charge in [-0.2, -0.15) is 0 Å². The number of rotatable bonds is 8. The van der Waals surface area contributed by atoms with Crippen LogP contribution in [-0.4, -0.2) is 44.6 Å². The van der Waals surface area contributed by atoms with Gasteiger partial charge in [-0.15, -0.1) is 10.2 Å². The first-order chi connectivity index (χ1) is 14.0. The number of hydrogen-bond acceptors (Lipinski definition) is 6. The Bertz CT molecular complexity index is 941. The van der Waals surface area contributed by atoms with Crippen molar-refractivity contribution in [1.82, 2.24) is 25.1 Å². The highest BCUT2D eigenvalue weighted by Crippen LogP contribution is 2.28. The van der Waals surface area contributed by atoms with Crippen LogP contribution in [0.25, 0.3) is 17.1 Å². The molecule has 8 heteroatoms. The van der Waals surface area contributed by atoms with Gasteiger partial charge in [0.25, 0.3) is 0 Å². The van der Waals surface area contributed by atoms with Crippen molar-refractivity contribution in [2.45, 2.75) is 32.0 Å². The van der Waals surface area contributed by atoms with Gasteiger partial charge in [0.2, 0.25) is 5.91 Å². The van der Waals surface area contributed by atoms with E-state index in [2.05, 4.69) is 34.3 Å². The number of benzene rings is 1. The van der Waals surface area contributed by atoms with Gasteiger partial charge in [0.05, 0.1) is 12.9 Å². The van der Waals surface area contributed by atoms with Crippen LogP contribution in [0.2, 0.25) is 0 Å². The Morgan fingerprint density at radius 3 is 2.41 bits per heavy atom. The van der Waals surface area contributed by atoms with E-state index in [1.165, 1.54) is 11.8 Å². The minimum atomic E-state index is -0.0223. The topological polar surface area (TPSA) is 81.9 Å². The molecule has 29 heavy (non-hydrogen) atoms. The smallest absolute Gasteiger partial charge is 0.230 e. The van der Waals surface area contributed by atoms with Crippen LogP contribution in [0.5, 0.6) is 5.75 Å². The van der Waals surface area contributed by atoms with Gasteiger partial charge in [0, 0.05) is 29.7 Å². The van der Waals surface area contributed by atoms with Crippen molar-refractivity contribution >= 4 is 17.7 Å². The first-order valence-electron chi connectivity index (χ1n) is 9.42. The van der Waals surface area contributed by atoms with Gasteiger partial charge in [-0.05, 0) is 49.2 Å². The van der Waals surface area contributed by atoms with Gasteiger partial charge < -0.3 is 10.1 Å². The predicted octanol–water partition coefficient (Wildman–Crippen LogP) is 3.59. The van der Waals surface area contributed by atoms with E-state index in [0.717, 1.165) is 17.0 Å². The van der Waals surface area contributed by atoms with E-state index in [1.807, 2.05) is 47.9 Å². The summed E-state index contributed by atoms with van der Waals surface area (Å²) in [6, 6.07) is 11.5. The summed E-state index contributed by atoms with van der Waals surface area (Å²) in [5.41, 5.74) is 1.79. The lowest BCUT2D eigenvalue weighted by Crippen LogP contribution is -2.37. The van der Waals surface area contributed by atoms with E-state index in [1.54, 1.807) is 19.5 Å². The fraction of sp³-hybridized carbons (Fsp3) is 0.333. The van der Waals surface area contributed by atoms with Gasteiger partial charge in [0.15, 0.2) is 11.0 Å². The lowest BCUT2D eigenvalue weighted by Gasteiger charge is -2.17. The molecule has 0 saturated carbocycles. The molecule has 0 aliphatic heterocycles. The molecule has 3 rings (SSSR count). The molecule has 0 bridgehead atoms. The molecule has 0 spiro atoms. The van der Waals surface area contributed by atoms with Crippen LogP contribution in [-0.2, 0) is 4.79 Å². The van der Waals surface area contributed by atoms with E-state index in [0.29, 0.717) is 16.9 Å². The summed E-state index contributed by atoms with van der Waals surface area (Å²) in [6.07, 6.45) is 3.44. The lowest BCUT2D eigenvalue weighted by atomic mass is 10.1.